The molecule has 2 aromatic heterocycles. The summed E-state index contributed by atoms with van der Waals surface area (Å²) in [5.41, 5.74) is 2.47. The van der Waals surface area contributed by atoms with Crippen LogP contribution in [0.2, 0.25) is 0 Å². The van der Waals surface area contributed by atoms with E-state index in [-0.39, 0.29) is 18.7 Å². The number of thiazole rings is 1. The molecule has 3 N–H and O–H groups in total. The Kier molecular flexibility index (Phi) is 4.61. The standard InChI is InChI=1S/C17H17N3O3S/c1-10-19-12(9-24-10)7-16(21)20-15(17(22)23)6-11-8-18-14-5-3-2-4-13(11)14/h2-5,8-9,15,18H,6-7H2,1H3,(H,20,21)(H,22,23)/t15-/m0/s1. The van der Waals surface area contributed by atoms with Crippen LogP contribution in [0.1, 0.15) is 16.3 Å². The normalized spacial score (nSPS) is 12.2. The Labute approximate surface area is 142 Å². The number of aliphatic carboxylic acids is 1. The van der Waals surface area contributed by atoms with E-state index in [1.54, 1.807) is 6.20 Å². The molecule has 1 aromatic carbocycles. The van der Waals surface area contributed by atoms with Crippen LogP contribution in [0.3, 0.4) is 0 Å². The number of nitrogens with one attached hydrogen (secondary N) is 2. The summed E-state index contributed by atoms with van der Waals surface area (Å²) in [6.07, 6.45) is 2.10. The first-order valence-corrected chi connectivity index (χ1v) is 8.39. The van der Waals surface area contributed by atoms with Crippen molar-refractivity contribution >= 4 is 34.1 Å². The molecule has 7 heteroatoms. The summed E-state index contributed by atoms with van der Waals surface area (Å²) in [6, 6.07) is 6.70. The lowest BCUT2D eigenvalue weighted by molar-refractivity contribution is -0.141. The number of carboxylic acids is 1. The number of carbonyl (C=O) groups is 2. The average molecular weight is 343 g/mol. The zero-order chi connectivity index (χ0) is 17.1. The number of para-hydroxylation sites is 1. The smallest absolute Gasteiger partial charge is 0.326 e. The number of fused-ring (bicyclic) bond motifs is 1. The first kappa shape index (κ1) is 16.2. The van der Waals surface area contributed by atoms with E-state index < -0.39 is 12.0 Å². The number of H-pyrrole nitrogens is 1. The van der Waals surface area contributed by atoms with E-state index in [0.29, 0.717) is 5.69 Å². The molecule has 0 fully saturated rings. The van der Waals surface area contributed by atoms with E-state index in [2.05, 4.69) is 15.3 Å². The van der Waals surface area contributed by atoms with Crippen molar-refractivity contribution in [1.29, 1.82) is 0 Å². The number of aryl methyl sites for hydroxylation is 1. The Balaban J connectivity index is 1.70. The molecule has 0 saturated carbocycles. The quantitative estimate of drug-likeness (QED) is 0.640. The Bertz CT molecular complexity index is 884. The third-order valence-electron chi connectivity index (χ3n) is 3.74. The summed E-state index contributed by atoms with van der Waals surface area (Å²) in [4.78, 5) is 31.0. The van der Waals surface area contributed by atoms with Crippen molar-refractivity contribution in [2.24, 2.45) is 0 Å². The van der Waals surface area contributed by atoms with E-state index >= 15 is 0 Å². The Hall–Kier alpha value is -2.67. The van der Waals surface area contributed by atoms with Crippen LogP contribution in [0, 0.1) is 6.92 Å². The first-order chi connectivity index (χ1) is 11.5. The van der Waals surface area contributed by atoms with Gasteiger partial charge in [-0.3, -0.25) is 4.79 Å². The van der Waals surface area contributed by atoms with Gasteiger partial charge in [-0.15, -0.1) is 11.3 Å². The second kappa shape index (κ2) is 6.84. The van der Waals surface area contributed by atoms with E-state index in [1.807, 2.05) is 36.6 Å². The van der Waals surface area contributed by atoms with Gasteiger partial charge in [0.25, 0.3) is 0 Å². The van der Waals surface area contributed by atoms with Gasteiger partial charge in [-0.2, -0.15) is 0 Å². The van der Waals surface area contributed by atoms with E-state index in [1.165, 1.54) is 11.3 Å². The molecule has 1 atom stereocenters. The van der Waals surface area contributed by atoms with Crippen LogP contribution >= 0.6 is 11.3 Å². The van der Waals surface area contributed by atoms with Gasteiger partial charge < -0.3 is 15.4 Å². The fraction of sp³-hybridized carbons (Fsp3) is 0.235. The molecule has 0 aliphatic heterocycles. The molecule has 0 saturated heterocycles. The Morgan fingerprint density at radius 2 is 2.17 bits per heavy atom. The number of carboxylic acid groups (broad SMARTS) is 1. The maximum atomic E-state index is 12.1. The molecule has 6 nitrogen and oxygen atoms in total. The number of rotatable bonds is 6. The van der Waals surface area contributed by atoms with Crippen molar-refractivity contribution in [2.45, 2.75) is 25.8 Å². The number of aromatic amines is 1. The predicted molar refractivity (Wildman–Crippen MR) is 92.1 cm³/mol. The van der Waals surface area contributed by atoms with Gasteiger partial charge in [0.05, 0.1) is 17.1 Å². The number of hydrogen-bond donors (Lipinski definition) is 3. The van der Waals surface area contributed by atoms with Crippen LogP contribution in [0.15, 0.2) is 35.8 Å². The van der Waals surface area contributed by atoms with Crippen LogP contribution in [0.5, 0.6) is 0 Å². The van der Waals surface area contributed by atoms with Gasteiger partial charge >= 0.3 is 5.97 Å². The number of benzene rings is 1. The molecule has 1 amide bonds. The Morgan fingerprint density at radius 1 is 1.38 bits per heavy atom. The van der Waals surface area contributed by atoms with Crippen LogP contribution in [-0.2, 0) is 22.4 Å². The SMILES string of the molecule is Cc1nc(CC(=O)N[C@@H](Cc2c[nH]c3ccccc23)C(=O)O)cs1. The number of carbonyl (C=O) groups excluding carboxylic acids is 1. The second-order valence-corrected chi connectivity index (χ2v) is 6.62. The van der Waals surface area contributed by atoms with Gasteiger partial charge in [-0.25, -0.2) is 9.78 Å². The molecule has 0 radical (unpaired) electrons. The molecule has 0 bridgehead atoms. The van der Waals surface area contributed by atoms with E-state index in [0.717, 1.165) is 21.5 Å². The van der Waals surface area contributed by atoms with Crippen molar-refractivity contribution < 1.29 is 14.7 Å². The summed E-state index contributed by atoms with van der Waals surface area (Å²) < 4.78 is 0. The first-order valence-electron chi connectivity index (χ1n) is 7.51. The summed E-state index contributed by atoms with van der Waals surface area (Å²) in [7, 11) is 0. The minimum Gasteiger partial charge on any atom is -0.480 e. The molecule has 0 aliphatic carbocycles. The number of nitrogens with zero attached hydrogens (tertiary/aromatic N) is 1. The predicted octanol–water partition coefficient (Wildman–Crippen LogP) is 2.29. The zero-order valence-corrected chi connectivity index (χ0v) is 13.9. The lowest BCUT2D eigenvalue weighted by Crippen LogP contribution is -2.43. The van der Waals surface area contributed by atoms with Crippen LogP contribution in [-0.4, -0.2) is 33.0 Å². The number of amides is 1. The molecule has 0 unspecified atom stereocenters. The van der Waals surface area contributed by atoms with Gasteiger partial charge in [0.15, 0.2) is 0 Å². The Morgan fingerprint density at radius 3 is 2.88 bits per heavy atom. The van der Waals surface area contributed by atoms with Gasteiger partial charge in [-0.1, -0.05) is 18.2 Å². The van der Waals surface area contributed by atoms with Crippen molar-refractivity contribution in [1.82, 2.24) is 15.3 Å². The molecular weight excluding hydrogens is 326 g/mol. The third kappa shape index (κ3) is 3.62. The highest BCUT2D eigenvalue weighted by Gasteiger charge is 2.22. The molecule has 124 valence electrons. The fourth-order valence-corrected chi connectivity index (χ4v) is 3.23. The van der Waals surface area contributed by atoms with Crippen LogP contribution in [0.25, 0.3) is 10.9 Å². The third-order valence-corrected chi connectivity index (χ3v) is 4.56. The van der Waals surface area contributed by atoms with Gasteiger partial charge in [-0.05, 0) is 18.6 Å². The van der Waals surface area contributed by atoms with Crippen LogP contribution < -0.4 is 5.32 Å². The van der Waals surface area contributed by atoms with Gasteiger partial charge in [0.2, 0.25) is 5.91 Å². The molecule has 2 heterocycles. The largest absolute Gasteiger partial charge is 0.480 e. The summed E-state index contributed by atoms with van der Waals surface area (Å²) in [5, 5.41) is 15.7. The fourth-order valence-electron chi connectivity index (χ4n) is 2.62. The van der Waals surface area contributed by atoms with Crippen molar-refractivity contribution in [3.63, 3.8) is 0 Å². The van der Waals surface area contributed by atoms with Gasteiger partial charge in [0, 0.05) is 28.9 Å². The highest BCUT2D eigenvalue weighted by Crippen LogP contribution is 2.19. The maximum Gasteiger partial charge on any atom is 0.326 e. The topological polar surface area (TPSA) is 95.1 Å². The highest BCUT2D eigenvalue weighted by atomic mass is 32.1. The molecule has 24 heavy (non-hydrogen) atoms. The molecule has 0 aliphatic rings. The molecule has 0 spiro atoms. The van der Waals surface area contributed by atoms with Gasteiger partial charge in [0.1, 0.15) is 6.04 Å². The summed E-state index contributed by atoms with van der Waals surface area (Å²) >= 11 is 1.47. The van der Waals surface area contributed by atoms with E-state index in [4.69, 9.17) is 0 Å². The van der Waals surface area contributed by atoms with Crippen LogP contribution in [0.4, 0.5) is 0 Å². The lowest BCUT2D eigenvalue weighted by atomic mass is 10.0. The van der Waals surface area contributed by atoms with Crippen molar-refractivity contribution in [3.8, 4) is 0 Å². The number of aromatic nitrogens is 2. The number of hydrogen-bond acceptors (Lipinski definition) is 4. The average Bonchev–Trinajstić information content (AvgIpc) is 3.13. The maximum absolute atomic E-state index is 12.1. The molecule has 3 rings (SSSR count). The molecule has 3 aromatic rings. The summed E-state index contributed by atoms with van der Waals surface area (Å²) in [5.74, 6) is -1.39. The minimum absolute atomic E-state index is 0.0853. The highest BCUT2D eigenvalue weighted by molar-refractivity contribution is 7.09. The van der Waals surface area contributed by atoms with Crippen molar-refractivity contribution in [2.75, 3.05) is 0 Å². The zero-order valence-electron chi connectivity index (χ0n) is 13.1. The van der Waals surface area contributed by atoms with E-state index in [9.17, 15) is 14.7 Å². The van der Waals surface area contributed by atoms with Crippen molar-refractivity contribution in [3.05, 3.63) is 52.1 Å². The monoisotopic (exact) mass is 343 g/mol. The summed E-state index contributed by atoms with van der Waals surface area (Å²) in [6.45, 7) is 1.86. The molecular formula is C17H17N3O3S. The minimum atomic E-state index is -1.05. The second-order valence-electron chi connectivity index (χ2n) is 5.56. The lowest BCUT2D eigenvalue weighted by Gasteiger charge is -2.14.